The molecule has 3 N–H and O–H groups in total. The molecule has 1 aliphatic rings. The lowest BCUT2D eigenvalue weighted by atomic mass is 9.85. The summed E-state index contributed by atoms with van der Waals surface area (Å²) in [4.78, 5) is 45.2. The molecule has 0 spiro atoms. The van der Waals surface area contributed by atoms with Crippen LogP contribution in [0.1, 0.15) is 59.2 Å². The minimum Gasteiger partial charge on any atom is -0.491 e. The Kier molecular flexibility index (Phi) is 8.96. The first-order valence-electron chi connectivity index (χ1n) is 12.5. The highest BCUT2D eigenvalue weighted by Gasteiger charge is 2.44. The monoisotopic (exact) mass is 530 g/mol. The smallest absolute Gasteiger partial charge is 0.246 e. The van der Waals surface area contributed by atoms with Crippen LogP contribution >= 0.6 is 11.3 Å². The van der Waals surface area contributed by atoms with E-state index in [1.807, 2.05) is 59.7 Å². The molecule has 0 radical (unpaired) electrons. The van der Waals surface area contributed by atoms with Gasteiger partial charge in [-0.05, 0) is 37.8 Å². The third-order valence-corrected chi connectivity index (χ3v) is 7.19. The lowest BCUT2D eigenvalue weighted by molar-refractivity contribution is -0.143. The normalized spacial score (nSPS) is 18.6. The molecule has 2 aromatic rings. The van der Waals surface area contributed by atoms with Crippen LogP contribution in [0, 0.1) is 12.3 Å². The summed E-state index contributed by atoms with van der Waals surface area (Å²) in [6, 6.07) is 4.20. The highest BCUT2D eigenvalue weighted by Crippen LogP contribution is 2.33. The largest absolute Gasteiger partial charge is 0.491 e. The van der Waals surface area contributed by atoms with Gasteiger partial charge in [-0.25, -0.2) is 4.98 Å². The number of ether oxygens (including phenoxy) is 1. The van der Waals surface area contributed by atoms with Crippen molar-refractivity contribution in [1.82, 2.24) is 20.5 Å². The van der Waals surface area contributed by atoms with E-state index in [0.717, 1.165) is 21.7 Å². The molecule has 3 amide bonds. The van der Waals surface area contributed by atoms with Crippen molar-refractivity contribution in [2.75, 3.05) is 6.54 Å². The fourth-order valence-corrected chi connectivity index (χ4v) is 5.21. The maximum absolute atomic E-state index is 13.4. The number of nitrogens with zero attached hydrogens (tertiary/aromatic N) is 2. The zero-order chi connectivity index (χ0) is 27.5. The zero-order valence-electron chi connectivity index (χ0n) is 22.6. The maximum atomic E-state index is 13.4. The van der Waals surface area contributed by atoms with Crippen LogP contribution in [0.5, 0.6) is 5.75 Å². The summed E-state index contributed by atoms with van der Waals surface area (Å²) in [5, 5.41) is 16.0. The third-order valence-electron chi connectivity index (χ3n) is 6.22. The Morgan fingerprint density at radius 2 is 1.97 bits per heavy atom. The standard InChI is InChI=1S/C27H38N4O5S/c1-15(2)36-22-10-18(23-16(3)29-14-37-23)8-9-19(22)12-28-25(34)21-11-20(33)13-31(21)26(35)24(27(5,6)7)30-17(4)32/h8-10,14-15,20-21,24,33H,11-13H2,1-7H3,(H,28,34)(H,30,32)/t20-,21+,24?/m1/s1. The van der Waals surface area contributed by atoms with Gasteiger partial charge in [-0.2, -0.15) is 0 Å². The van der Waals surface area contributed by atoms with Crippen LogP contribution in [0.4, 0.5) is 0 Å². The van der Waals surface area contributed by atoms with E-state index in [2.05, 4.69) is 15.6 Å². The van der Waals surface area contributed by atoms with Gasteiger partial charge in [0.15, 0.2) is 0 Å². The second kappa shape index (κ2) is 11.6. The van der Waals surface area contributed by atoms with E-state index in [0.29, 0.717) is 5.75 Å². The number of amides is 3. The van der Waals surface area contributed by atoms with Crippen molar-refractivity contribution in [3.05, 3.63) is 35.0 Å². The number of hydrogen-bond acceptors (Lipinski definition) is 7. The van der Waals surface area contributed by atoms with E-state index in [4.69, 9.17) is 4.74 Å². The lowest BCUT2D eigenvalue weighted by Gasteiger charge is -2.35. The third kappa shape index (κ3) is 7.07. The molecule has 0 aliphatic carbocycles. The molecule has 0 bridgehead atoms. The lowest BCUT2D eigenvalue weighted by Crippen LogP contribution is -2.57. The van der Waals surface area contributed by atoms with E-state index >= 15 is 0 Å². The molecule has 3 rings (SSSR count). The average molecular weight is 531 g/mol. The van der Waals surface area contributed by atoms with E-state index < -0.39 is 23.6 Å². The Hall–Kier alpha value is -2.98. The summed E-state index contributed by atoms with van der Waals surface area (Å²) in [6.07, 6.45) is -0.749. The number of hydrogen-bond donors (Lipinski definition) is 3. The van der Waals surface area contributed by atoms with Gasteiger partial charge in [0.05, 0.1) is 28.3 Å². The number of benzene rings is 1. The SMILES string of the molecule is CC(=O)NC(C(=O)N1C[C@H](O)C[C@H]1C(=O)NCc1ccc(-c2scnc2C)cc1OC(C)C)C(C)(C)C. The van der Waals surface area contributed by atoms with E-state index in [-0.39, 0.29) is 43.3 Å². The fraction of sp³-hybridized carbons (Fsp3) is 0.556. The van der Waals surface area contributed by atoms with Gasteiger partial charge in [-0.1, -0.05) is 32.9 Å². The molecule has 10 heteroatoms. The summed E-state index contributed by atoms with van der Waals surface area (Å²) >= 11 is 1.56. The Bertz CT molecular complexity index is 1140. The van der Waals surface area contributed by atoms with Gasteiger partial charge in [0.25, 0.3) is 0 Å². The number of β-amino-alcohol motifs (C(OH)–C–C–N with tert-alkyl or cyclic N) is 1. The van der Waals surface area contributed by atoms with Crippen LogP contribution in [0.2, 0.25) is 0 Å². The van der Waals surface area contributed by atoms with Gasteiger partial charge in [0.2, 0.25) is 17.7 Å². The molecule has 1 aliphatic heterocycles. The second-order valence-electron chi connectivity index (χ2n) is 10.9. The molecule has 0 saturated carbocycles. The number of thiazole rings is 1. The number of rotatable bonds is 8. The quantitative estimate of drug-likeness (QED) is 0.483. The van der Waals surface area contributed by atoms with E-state index in [9.17, 15) is 19.5 Å². The van der Waals surface area contributed by atoms with Gasteiger partial charge >= 0.3 is 0 Å². The number of aliphatic hydroxyl groups excluding tert-OH is 1. The number of nitrogens with one attached hydrogen (secondary N) is 2. The van der Waals surface area contributed by atoms with Crippen molar-refractivity contribution in [2.24, 2.45) is 5.41 Å². The van der Waals surface area contributed by atoms with Crippen molar-refractivity contribution < 1.29 is 24.2 Å². The molecule has 202 valence electrons. The van der Waals surface area contributed by atoms with Crippen molar-refractivity contribution in [3.8, 4) is 16.2 Å². The maximum Gasteiger partial charge on any atom is 0.246 e. The Labute approximate surface area is 222 Å². The van der Waals surface area contributed by atoms with Crippen LogP contribution in [-0.2, 0) is 20.9 Å². The Balaban J connectivity index is 1.78. The fourth-order valence-electron chi connectivity index (χ4n) is 4.41. The zero-order valence-corrected chi connectivity index (χ0v) is 23.4. The van der Waals surface area contributed by atoms with Crippen LogP contribution in [0.15, 0.2) is 23.7 Å². The molecule has 1 aromatic heterocycles. The molecular weight excluding hydrogens is 492 g/mol. The number of likely N-dealkylation sites (tertiary alicyclic amines) is 1. The van der Waals surface area contributed by atoms with Gasteiger partial charge in [0.1, 0.15) is 17.8 Å². The number of aryl methyl sites for hydroxylation is 1. The first-order valence-corrected chi connectivity index (χ1v) is 13.4. The van der Waals surface area contributed by atoms with Crippen LogP contribution in [0.25, 0.3) is 10.4 Å². The molecule has 1 fully saturated rings. The van der Waals surface area contributed by atoms with Crippen LogP contribution in [-0.4, -0.2) is 63.5 Å². The highest BCUT2D eigenvalue weighted by atomic mass is 32.1. The summed E-state index contributed by atoms with van der Waals surface area (Å²) in [5.41, 5.74) is 3.97. The minimum absolute atomic E-state index is 0.0354. The van der Waals surface area contributed by atoms with Crippen molar-refractivity contribution in [1.29, 1.82) is 0 Å². The topological polar surface area (TPSA) is 121 Å². The molecule has 2 heterocycles. The molecule has 1 unspecified atom stereocenters. The van der Waals surface area contributed by atoms with Gasteiger partial charge in [-0.3, -0.25) is 14.4 Å². The van der Waals surface area contributed by atoms with Crippen molar-refractivity contribution in [2.45, 2.75) is 85.7 Å². The second-order valence-corrected chi connectivity index (χ2v) is 11.7. The predicted octanol–water partition coefficient (Wildman–Crippen LogP) is 3.03. The summed E-state index contributed by atoms with van der Waals surface area (Å²) < 4.78 is 6.05. The average Bonchev–Trinajstić information content (AvgIpc) is 3.40. The molecule has 9 nitrogen and oxygen atoms in total. The summed E-state index contributed by atoms with van der Waals surface area (Å²) in [5.74, 6) is -0.409. The predicted molar refractivity (Wildman–Crippen MR) is 143 cm³/mol. The minimum atomic E-state index is -0.838. The van der Waals surface area contributed by atoms with Gasteiger partial charge in [-0.15, -0.1) is 11.3 Å². The van der Waals surface area contributed by atoms with E-state index in [1.54, 1.807) is 16.8 Å². The van der Waals surface area contributed by atoms with Crippen LogP contribution < -0.4 is 15.4 Å². The molecular formula is C27H38N4O5S. The van der Waals surface area contributed by atoms with Gasteiger partial charge in [0, 0.05) is 32.0 Å². The highest BCUT2D eigenvalue weighted by molar-refractivity contribution is 7.13. The molecule has 37 heavy (non-hydrogen) atoms. The molecule has 3 atom stereocenters. The Morgan fingerprint density at radius 1 is 1.27 bits per heavy atom. The van der Waals surface area contributed by atoms with E-state index in [1.165, 1.54) is 11.8 Å². The first kappa shape index (κ1) is 28.6. The molecule has 1 aromatic carbocycles. The molecule has 1 saturated heterocycles. The Morgan fingerprint density at radius 3 is 2.54 bits per heavy atom. The van der Waals surface area contributed by atoms with Crippen molar-refractivity contribution in [3.63, 3.8) is 0 Å². The summed E-state index contributed by atoms with van der Waals surface area (Å²) in [7, 11) is 0. The number of aliphatic hydroxyl groups is 1. The first-order chi connectivity index (χ1) is 17.3. The van der Waals surface area contributed by atoms with Gasteiger partial charge < -0.3 is 25.4 Å². The summed E-state index contributed by atoms with van der Waals surface area (Å²) in [6.45, 7) is 13.0. The number of aromatic nitrogens is 1. The van der Waals surface area contributed by atoms with Crippen molar-refractivity contribution >= 4 is 29.1 Å². The van der Waals surface area contributed by atoms with Crippen LogP contribution in [0.3, 0.4) is 0 Å². The number of carbonyl (C=O) groups excluding carboxylic acids is 3. The number of carbonyl (C=O) groups is 3.